The molecule has 0 N–H and O–H groups in total. The highest BCUT2D eigenvalue weighted by Gasteiger charge is 2.39. The maximum atomic E-state index is 12.2. The Bertz CT molecular complexity index is 503. The van der Waals surface area contributed by atoms with Gasteiger partial charge in [0.05, 0.1) is 5.57 Å². The number of carbonyl (C=O) groups is 1. The molecule has 0 amide bonds. The molecule has 0 aliphatic carbocycles. The van der Waals surface area contributed by atoms with E-state index >= 15 is 0 Å². The lowest BCUT2D eigenvalue weighted by molar-refractivity contribution is -0.145. The van der Waals surface area contributed by atoms with Gasteiger partial charge in [0.2, 0.25) is 0 Å². The third-order valence-electron chi connectivity index (χ3n) is 4.70. The summed E-state index contributed by atoms with van der Waals surface area (Å²) in [6.45, 7) is 3.87. The van der Waals surface area contributed by atoms with E-state index in [0.717, 1.165) is 18.4 Å². The third kappa shape index (κ3) is 3.79. The molecule has 2 heterocycles. The lowest BCUT2D eigenvalue weighted by Crippen LogP contribution is -2.43. The topological polar surface area (TPSA) is 29.5 Å². The van der Waals surface area contributed by atoms with Crippen molar-refractivity contribution in [2.45, 2.75) is 43.9 Å². The zero-order valence-electron chi connectivity index (χ0n) is 13.3. The average Bonchev–Trinajstić information content (AvgIpc) is 2.78. The van der Waals surface area contributed by atoms with E-state index < -0.39 is 0 Å². The molecule has 2 unspecified atom stereocenters. The Labute approximate surface area is 141 Å². The number of carbonyl (C=O) groups excluding carboxylic acids is 1. The predicted molar refractivity (Wildman–Crippen MR) is 94.0 cm³/mol. The van der Waals surface area contributed by atoms with Crippen LogP contribution in [-0.4, -0.2) is 41.9 Å². The standard InChI is InChI=1S/C17H21NO2.CH3Br/c1-12(13-6-4-3-5-7-13)17(19)20-16-10-14-8-9-15(11-16)18(14)2;1-2/h3-7,14-16H,1,8-11H2,2H3;1H3. The average molecular weight is 366 g/mol. The number of hydrogen-bond donors (Lipinski definition) is 0. The molecule has 22 heavy (non-hydrogen) atoms. The molecule has 3 nitrogen and oxygen atoms in total. The van der Waals surface area contributed by atoms with E-state index in [-0.39, 0.29) is 12.1 Å². The van der Waals surface area contributed by atoms with Crippen LogP contribution in [0.2, 0.25) is 0 Å². The van der Waals surface area contributed by atoms with Crippen molar-refractivity contribution in [3.8, 4) is 0 Å². The van der Waals surface area contributed by atoms with E-state index in [9.17, 15) is 4.79 Å². The Morgan fingerprint density at radius 3 is 2.27 bits per heavy atom. The van der Waals surface area contributed by atoms with Gasteiger partial charge in [-0.25, -0.2) is 4.79 Å². The van der Waals surface area contributed by atoms with Crippen molar-refractivity contribution >= 4 is 27.5 Å². The molecule has 2 aliphatic heterocycles. The zero-order chi connectivity index (χ0) is 16.1. The molecule has 2 bridgehead atoms. The number of benzene rings is 1. The van der Waals surface area contributed by atoms with Crippen molar-refractivity contribution in [3.63, 3.8) is 0 Å². The Hall–Kier alpha value is -1.13. The van der Waals surface area contributed by atoms with Gasteiger partial charge in [0.1, 0.15) is 6.10 Å². The predicted octanol–water partition coefficient (Wildman–Crippen LogP) is 3.88. The molecule has 3 rings (SSSR count). The fourth-order valence-corrected chi connectivity index (χ4v) is 3.44. The molecular weight excluding hydrogens is 342 g/mol. The Balaban J connectivity index is 0.000000847. The Kier molecular flexibility index (Phi) is 6.21. The Morgan fingerprint density at radius 2 is 1.73 bits per heavy atom. The van der Waals surface area contributed by atoms with Crippen LogP contribution in [0.3, 0.4) is 0 Å². The number of halogens is 1. The number of fused-ring (bicyclic) bond motifs is 2. The molecule has 0 radical (unpaired) electrons. The lowest BCUT2D eigenvalue weighted by atomic mass is 10.0. The van der Waals surface area contributed by atoms with Crippen LogP contribution in [0.1, 0.15) is 31.2 Å². The van der Waals surface area contributed by atoms with Crippen LogP contribution in [0.15, 0.2) is 36.9 Å². The summed E-state index contributed by atoms with van der Waals surface area (Å²) in [4.78, 5) is 14.6. The van der Waals surface area contributed by atoms with Gasteiger partial charge in [-0.1, -0.05) is 52.8 Å². The van der Waals surface area contributed by atoms with Gasteiger partial charge in [-0.3, -0.25) is 0 Å². The second-order valence-corrected chi connectivity index (χ2v) is 5.89. The lowest BCUT2D eigenvalue weighted by Gasteiger charge is -2.35. The molecule has 0 saturated carbocycles. The van der Waals surface area contributed by atoms with Crippen molar-refractivity contribution in [1.29, 1.82) is 0 Å². The molecule has 0 aromatic heterocycles. The van der Waals surface area contributed by atoms with Crippen molar-refractivity contribution in [3.05, 3.63) is 42.5 Å². The van der Waals surface area contributed by atoms with Crippen LogP contribution in [-0.2, 0) is 9.53 Å². The minimum atomic E-state index is -0.273. The summed E-state index contributed by atoms with van der Waals surface area (Å²) in [6, 6.07) is 10.7. The van der Waals surface area contributed by atoms with Crippen LogP contribution in [0, 0.1) is 0 Å². The van der Waals surface area contributed by atoms with Crippen molar-refractivity contribution in [1.82, 2.24) is 4.90 Å². The molecule has 0 spiro atoms. The number of ether oxygens (including phenoxy) is 1. The van der Waals surface area contributed by atoms with Crippen molar-refractivity contribution < 1.29 is 9.53 Å². The Morgan fingerprint density at radius 1 is 1.18 bits per heavy atom. The van der Waals surface area contributed by atoms with E-state index in [4.69, 9.17) is 4.74 Å². The molecule has 2 aliphatic rings. The zero-order valence-corrected chi connectivity index (χ0v) is 14.9. The molecular formula is C18H24BrNO2. The number of rotatable bonds is 3. The number of alkyl halides is 1. The summed E-state index contributed by atoms with van der Waals surface area (Å²) in [5.74, 6) is 1.54. The minimum Gasteiger partial charge on any atom is -0.459 e. The minimum absolute atomic E-state index is 0.0525. The summed E-state index contributed by atoms with van der Waals surface area (Å²) in [5, 5.41) is 0. The molecule has 2 atom stereocenters. The van der Waals surface area contributed by atoms with E-state index in [1.807, 2.05) is 36.2 Å². The molecule has 1 aromatic carbocycles. The van der Waals surface area contributed by atoms with E-state index in [2.05, 4.69) is 34.5 Å². The maximum absolute atomic E-state index is 12.2. The SMILES string of the molecule is C=C(C(=O)OC1CC2CCC(C1)N2C)c1ccccc1.CBr. The summed E-state index contributed by atoms with van der Waals surface area (Å²) in [7, 11) is 2.18. The highest BCUT2D eigenvalue weighted by molar-refractivity contribution is 9.08. The number of hydrogen-bond acceptors (Lipinski definition) is 3. The van der Waals surface area contributed by atoms with Crippen LogP contribution in [0.5, 0.6) is 0 Å². The van der Waals surface area contributed by atoms with Gasteiger partial charge in [0.15, 0.2) is 0 Å². The largest absolute Gasteiger partial charge is 0.459 e. The maximum Gasteiger partial charge on any atom is 0.338 e. The highest BCUT2D eigenvalue weighted by Crippen LogP contribution is 2.35. The highest BCUT2D eigenvalue weighted by atomic mass is 79.9. The third-order valence-corrected chi connectivity index (χ3v) is 4.70. The van der Waals surface area contributed by atoms with Crippen LogP contribution >= 0.6 is 15.9 Å². The van der Waals surface area contributed by atoms with Crippen LogP contribution in [0.25, 0.3) is 5.57 Å². The molecule has 120 valence electrons. The first-order valence-electron chi connectivity index (χ1n) is 7.70. The summed E-state index contributed by atoms with van der Waals surface area (Å²) in [6.07, 6.45) is 4.43. The first kappa shape index (κ1) is 17.2. The van der Waals surface area contributed by atoms with Crippen LogP contribution in [0.4, 0.5) is 0 Å². The van der Waals surface area contributed by atoms with Crippen molar-refractivity contribution in [2.75, 3.05) is 12.9 Å². The van der Waals surface area contributed by atoms with Gasteiger partial charge >= 0.3 is 5.97 Å². The van der Waals surface area contributed by atoms with Gasteiger partial charge in [0, 0.05) is 24.9 Å². The number of esters is 1. The second kappa shape index (κ2) is 7.93. The van der Waals surface area contributed by atoms with E-state index in [1.54, 1.807) is 0 Å². The van der Waals surface area contributed by atoms with Gasteiger partial charge < -0.3 is 9.64 Å². The van der Waals surface area contributed by atoms with Crippen molar-refractivity contribution in [2.24, 2.45) is 0 Å². The second-order valence-electron chi connectivity index (χ2n) is 5.89. The molecule has 2 saturated heterocycles. The first-order valence-corrected chi connectivity index (χ1v) is 9.29. The molecule has 2 fully saturated rings. The monoisotopic (exact) mass is 365 g/mol. The normalized spacial score (nSPS) is 26.8. The first-order chi connectivity index (χ1) is 10.6. The van der Waals surface area contributed by atoms with E-state index in [0.29, 0.717) is 17.7 Å². The summed E-state index contributed by atoms with van der Waals surface area (Å²) >= 11 is 2.94. The van der Waals surface area contributed by atoms with Gasteiger partial charge in [0.25, 0.3) is 0 Å². The van der Waals surface area contributed by atoms with Gasteiger partial charge in [-0.15, -0.1) is 0 Å². The fraction of sp³-hybridized carbons (Fsp3) is 0.500. The van der Waals surface area contributed by atoms with Crippen LogP contribution < -0.4 is 0 Å². The smallest absolute Gasteiger partial charge is 0.338 e. The summed E-state index contributed by atoms with van der Waals surface area (Å²) < 4.78 is 5.67. The molecule has 1 aromatic rings. The fourth-order valence-electron chi connectivity index (χ4n) is 3.44. The quantitative estimate of drug-likeness (QED) is 0.462. The van der Waals surface area contributed by atoms with E-state index in [1.165, 1.54) is 12.8 Å². The number of nitrogens with zero attached hydrogens (tertiary/aromatic N) is 1. The number of piperidine rings is 1. The van der Waals surface area contributed by atoms with Gasteiger partial charge in [-0.2, -0.15) is 0 Å². The summed E-state index contributed by atoms with van der Waals surface area (Å²) in [5.41, 5.74) is 1.30. The molecule has 4 heteroatoms. The van der Waals surface area contributed by atoms with Gasteiger partial charge in [-0.05, 0) is 31.3 Å².